The van der Waals surface area contributed by atoms with Crippen molar-refractivity contribution in [2.24, 2.45) is 10.2 Å². The molecule has 0 aliphatic rings. The molecule has 0 aliphatic carbocycles. The van der Waals surface area contributed by atoms with Crippen LogP contribution in [0.2, 0.25) is 0 Å². The van der Waals surface area contributed by atoms with E-state index in [1.807, 2.05) is 68.1 Å². The number of nitro benzene ring substituents is 1. The highest BCUT2D eigenvalue weighted by atomic mass is 32.2. The zero-order valence-electron chi connectivity index (χ0n) is 43.2. The van der Waals surface area contributed by atoms with Crippen molar-refractivity contribution in [1.29, 1.82) is 0 Å². The van der Waals surface area contributed by atoms with Crippen LogP contribution in [0.25, 0.3) is 32.6 Å². The molecule has 1 atom stereocenters. The Hall–Kier alpha value is -9.24. The molecule has 4 N–H and O–H groups in total. The number of nitro groups is 1. The number of amides is 4. The third kappa shape index (κ3) is 14.6. The SMILES string of the molecule is CCN(CCC(=O)N[C@@H](CS/C=C/C(=O)c1ccc(C(=O)NCc2cn(CCCCC(=O)Nc3cc4cccnc4c4ncccc34)nn2)cc1)C(=O)NC(C)C)c1ccc(N=Nc2ccc([N+](=O)[O-])c3ccccc23)cc1. The van der Waals surface area contributed by atoms with Crippen molar-refractivity contribution in [3.8, 4) is 0 Å². The number of unbranched alkanes of at least 4 members (excludes halogenated alkanes) is 1. The maximum atomic E-state index is 13.3. The highest BCUT2D eigenvalue weighted by Gasteiger charge is 2.22. The Labute approximate surface area is 453 Å². The van der Waals surface area contributed by atoms with Gasteiger partial charge in [-0.05, 0) is 118 Å². The van der Waals surface area contributed by atoms with E-state index in [9.17, 15) is 34.1 Å². The van der Waals surface area contributed by atoms with Crippen molar-refractivity contribution in [2.45, 2.75) is 71.6 Å². The molecule has 8 aromatic rings. The number of allylic oxidation sites excluding steroid dienone is 1. The fraction of sp³-hybridized carbons (Fsp3) is 0.246. The van der Waals surface area contributed by atoms with Gasteiger partial charge in [0.2, 0.25) is 17.7 Å². The monoisotopic (exact) mass is 1070 g/mol. The zero-order valence-corrected chi connectivity index (χ0v) is 44.0. The molecule has 20 nitrogen and oxygen atoms in total. The van der Waals surface area contributed by atoms with Gasteiger partial charge in [0.15, 0.2) is 5.78 Å². The zero-order chi connectivity index (χ0) is 55.0. The first-order valence-electron chi connectivity index (χ1n) is 25.4. The average Bonchev–Trinajstić information content (AvgIpc) is 3.96. The number of aromatic nitrogens is 5. The smallest absolute Gasteiger partial charge is 0.277 e. The third-order valence-corrected chi connectivity index (χ3v) is 13.3. The largest absolute Gasteiger partial charge is 0.371 e. The van der Waals surface area contributed by atoms with Crippen LogP contribution in [0.5, 0.6) is 0 Å². The highest BCUT2D eigenvalue weighted by Crippen LogP contribution is 2.34. The summed E-state index contributed by atoms with van der Waals surface area (Å²) in [6.45, 7) is 7.29. The minimum absolute atomic E-state index is 0.00439. The number of nitrogens with one attached hydrogen (secondary N) is 4. The molecular formula is C57H57N13O7S. The molecule has 0 aliphatic heterocycles. The summed E-state index contributed by atoms with van der Waals surface area (Å²) in [6.07, 6.45) is 8.30. The number of rotatable bonds is 25. The number of non-ortho nitro benzene ring substituents is 1. The van der Waals surface area contributed by atoms with Gasteiger partial charge in [0, 0.05) is 95.7 Å². The van der Waals surface area contributed by atoms with E-state index < -0.39 is 11.0 Å². The molecule has 0 spiro atoms. The number of pyridine rings is 2. The number of thioether (sulfide) groups is 1. The number of azo groups is 1. The third-order valence-electron chi connectivity index (χ3n) is 12.4. The van der Waals surface area contributed by atoms with Crippen LogP contribution in [0.3, 0.4) is 0 Å². The van der Waals surface area contributed by atoms with Gasteiger partial charge in [-0.1, -0.05) is 41.6 Å². The lowest BCUT2D eigenvalue weighted by Gasteiger charge is -2.24. The molecule has 0 saturated carbocycles. The molecule has 78 heavy (non-hydrogen) atoms. The first-order valence-corrected chi connectivity index (χ1v) is 26.4. The number of aryl methyl sites for hydroxylation is 1. The number of carbonyl (C=O) groups is 5. The maximum absolute atomic E-state index is 13.3. The van der Waals surface area contributed by atoms with Gasteiger partial charge in [0.1, 0.15) is 11.7 Å². The van der Waals surface area contributed by atoms with Gasteiger partial charge in [-0.25, -0.2) is 0 Å². The van der Waals surface area contributed by atoms with Crippen LogP contribution in [-0.2, 0) is 27.5 Å². The van der Waals surface area contributed by atoms with Crippen molar-refractivity contribution in [3.05, 3.63) is 172 Å². The average molecular weight is 1070 g/mol. The molecule has 0 unspecified atom stereocenters. The van der Waals surface area contributed by atoms with Crippen LogP contribution in [-0.4, -0.2) is 90.2 Å². The van der Waals surface area contributed by atoms with Crippen molar-refractivity contribution < 1.29 is 28.9 Å². The fourth-order valence-electron chi connectivity index (χ4n) is 8.49. The summed E-state index contributed by atoms with van der Waals surface area (Å²) in [5.74, 6) is -1.25. The molecule has 0 fully saturated rings. The van der Waals surface area contributed by atoms with Crippen LogP contribution in [0, 0.1) is 10.1 Å². The maximum Gasteiger partial charge on any atom is 0.277 e. The van der Waals surface area contributed by atoms with Crippen molar-refractivity contribution in [2.75, 3.05) is 29.1 Å². The highest BCUT2D eigenvalue weighted by molar-refractivity contribution is 8.02. The molecule has 4 amide bonds. The Kier molecular flexibility index (Phi) is 18.7. The first-order chi connectivity index (χ1) is 37.8. The Morgan fingerprint density at radius 2 is 1.53 bits per heavy atom. The van der Waals surface area contributed by atoms with E-state index in [0.717, 1.165) is 27.5 Å². The lowest BCUT2D eigenvalue weighted by atomic mass is 10.1. The fourth-order valence-corrected chi connectivity index (χ4v) is 9.25. The number of anilines is 2. The number of hydrogen-bond donors (Lipinski definition) is 4. The summed E-state index contributed by atoms with van der Waals surface area (Å²) in [7, 11) is 0. The normalized spacial score (nSPS) is 11.8. The number of nitrogens with zero attached hydrogens (tertiary/aromatic N) is 9. The van der Waals surface area contributed by atoms with E-state index in [-0.39, 0.29) is 59.9 Å². The second-order valence-electron chi connectivity index (χ2n) is 18.4. The van der Waals surface area contributed by atoms with E-state index in [4.69, 9.17) is 0 Å². The lowest BCUT2D eigenvalue weighted by Crippen LogP contribution is -2.50. The van der Waals surface area contributed by atoms with Crippen molar-refractivity contribution >= 4 is 102 Å². The summed E-state index contributed by atoms with van der Waals surface area (Å²) in [5, 5.41) is 44.6. The summed E-state index contributed by atoms with van der Waals surface area (Å²) in [6, 6.07) is 32.0. The lowest BCUT2D eigenvalue weighted by molar-refractivity contribution is -0.383. The minimum atomic E-state index is -0.870. The van der Waals surface area contributed by atoms with Gasteiger partial charge >= 0.3 is 0 Å². The van der Waals surface area contributed by atoms with Crippen LogP contribution in [0.15, 0.2) is 156 Å². The van der Waals surface area contributed by atoms with Gasteiger partial charge in [-0.2, -0.15) is 5.11 Å². The van der Waals surface area contributed by atoms with Gasteiger partial charge in [0.05, 0.1) is 51.1 Å². The minimum Gasteiger partial charge on any atom is -0.371 e. The van der Waals surface area contributed by atoms with E-state index in [2.05, 4.69) is 51.8 Å². The quantitative estimate of drug-likeness (QED) is 0.00791. The summed E-state index contributed by atoms with van der Waals surface area (Å²) in [5.41, 5.74) is 5.41. The molecule has 3 heterocycles. The number of ketones is 1. The number of fused-ring (bicyclic) bond motifs is 4. The van der Waals surface area contributed by atoms with Crippen LogP contribution >= 0.6 is 11.8 Å². The van der Waals surface area contributed by atoms with E-state index in [0.29, 0.717) is 83.6 Å². The predicted octanol–water partition coefficient (Wildman–Crippen LogP) is 9.95. The second kappa shape index (κ2) is 26.5. The molecule has 5 aromatic carbocycles. The summed E-state index contributed by atoms with van der Waals surface area (Å²) < 4.78 is 1.68. The molecule has 0 saturated heterocycles. The predicted molar refractivity (Wildman–Crippen MR) is 302 cm³/mol. The van der Waals surface area contributed by atoms with E-state index >= 15 is 0 Å². The van der Waals surface area contributed by atoms with Gasteiger partial charge in [-0.15, -0.1) is 22.0 Å². The number of hydrogen-bond acceptors (Lipinski definition) is 15. The standard InChI is InChI=1S/C57H57N13O7S/c1-4-68(43-22-20-41(21-23-43)64-66-47-24-25-50(70(76)77)45-13-6-5-12-44(45)47)31-26-53(73)63-49(57(75)61-37(2)3)36-78-32-27-51(71)38-16-18-39(19-17-38)56(74)60-34-42-35-69(67-65-42)30-8-7-15-52(72)62-48-33-40-11-9-28-58-54(40)55-46(48)14-10-29-59-55/h5-6,9-14,16-25,27-29,32-33,35,37,49H,4,7-8,15,26,30-31,34,36H2,1-3H3,(H,60,74)(H,61,75)(H,62,72)(H,63,73)/b32-27+,66-64?/t49-/m0/s1. The molecule has 0 bridgehead atoms. The van der Waals surface area contributed by atoms with Crippen LogP contribution in [0.1, 0.15) is 72.9 Å². The van der Waals surface area contributed by atoms with Gasteiger partial charge in [-0.3, -0.25) is 48.7 Å². The number of benzene rings is 5. The molecular weight excluding hydrogens is 1010 g/mol. The van der Waals surface area contributed by atoms with E-state index in [1.165, 1.54) is 23.9 Å². The second-order valence-corrected chi connectivity index (χ2v) is 19.3. The van der Waals surface area contributed by atoms with Crippen molar-refractivity contribution in [3.63, 3.8) is 0 Å². The molecule has 398 valence electrons. The molecule has 21 heteroatoms. The van der Waals surface area contributed by atoms with Crippen LogP contribution in [0.4, 0.5) is 28.4 Å². The number of carbonyl (C=O) groups excluding carboxylic acids is 5. The Morgan fingerprint density at radius 3 is 2.28 bits per heavy atom. The van der Waals surface area contributed by atoms with Gasteiger partial charge in [0.25, 0.3) is 11.6 Å². The van der Waals surface area contributed by atoms with Crippen LogP contribution < -0.4 is 26.2 Å². The van der Waals surface area contributed by atoms with Gasteiger partial charge < -0.3 is 26.2 Å². The molecule has 3 aromatic heterocycles. The summed E-state index contributed by atoms with van der Waals surface area (Å²) >= 11 is 1.21. The Bertz CT molecular complexity index is 3530. The summed E-state index contributed by atoms with van der Waals surface area (Å²) in [4.78, 5) is 87.5. The Morgan fingerprint density at radius 1 is 0.795 bits per heavy atom. The first kappa shape index (κ1) is 55.0. The molecule has 0 radical (unpaired) electrons. The Balaban J connectivity index is 0.747. The topological polar surface area (TPSA) is 261 Å². The van der Waals surface area contributed by atoms with E-state index in [1.54, 1.807) is 95.4 Å². The van der Waals surface area contributed by atoms with Crippen molar-refractivity contribution in [1.82, 2.24) is 40.9 Å². The molecule has 8 rings (SSSR count).